The molecule has 116 valence electrons. The van der Waals surface area contributed by atoms with E-state index in [1.54, 1.807) is 0 Å². The van der Waals surface area contributed by atoms with Gasteiger partial charge in [0.2, 0.25) is 0 Å². The SMILES string of the molecule is CC(C(O)c1ccc2c(c1)N(C)CCC2)N1CCNCC1. The molecule has 2 aliphatic rings. The minimum Gasteiger partial charge on any atom is -0.387 e. The normalized spacial score (nSPS) is 22.7. The number of anilines is 1. The Kier molecular flexibility index (Phi) is 4.48. The third-order valence-corrected chi connectivity index (χ3v) is 4.99. The van der Waals surface area contributed by atoms with E-state index in [0.29, 0.717) is 0 Å². The van der Waals surface area contributed by atoms with Crippen LogP contribution in [0.15, 0.2) is 18.2 Å². The lowest BCUT2D eigenvalue weighted by Gasteiger charge is -2.36. The fourth-order valence-electron chi connectivity index (χ4n) is 3.53. The van der Waals surface area contributed by atoms with Gasteiger partial charge < -0.3 is 15.3 Å². The predicted molar refractivity (Wildman–Crippen MR) is 86.9 cm³/mol. The van der Waals surface area contributed by atoms with Crippen LogP contribution in [0.3, 0.4) is 0 Å². The van der Waals surface area contributed by atoms with Gasteiger partial charge in [-0.25, -0.2) is 0 Å². The Balaban J connectivity index is 1.77. The van der Waals surface area contributed by atoms with Gasteiger partial charge in [-0.05, 0) is 37.0 Å². The molecule has 1 aromatic rings. The number of nitrogens with one attached hydrogen (secondary N) is 1. The van der Waals surface area contributed by atoms with Gasteiger partial charge in [0, 0.05) is 51.5 Å². The summed E-state index contributed by atoms with van der Waals surface area (Å²) < 4.78 is 0. The first-order valence-corrected chi connectivity index (χ1v) is 8.13. The van der Waals surface area contributed by atoms with Gasteiger partial charge in [-0.1, -0.05) is 12.1 Å². The zero-order valence-corrected chi connectivity index (χ0v) is 13.2. The van der Waals surface area contributed by atoms with E-state index >= 15 is 0 Å². The quantitative estimate of drug-likeness (QED) is 0.882. The predicted octanol–water partition coefficient (Wildman–Crippen LogP) is 1.40. The van der Waals surface area contributed by atoms with Crippen LogP contribution in [0.2, 0.25) is 0 Å². The first-order valence-electron chi connectivity index (χ1n) is 8.13. The van der Waals surface area contributed by atoms with Crippen LogP contribution in [-0.4, -0.2) is 55.8 Å². The van der Waals surface area contributed by atoms with Crippen LogP contribution in [-0.2, 0) is 6.42 Å². The number of rotatable bonds is 3. The lowest BCUT2D eigenvalue weighted by atomic mass is 9.95. The van der Waals surface area contributed by atoms with Crippen LogP contribution in [0.1, 0.15) is 30.6 Å². The van der Waals surface area contributed by atoms with E-state index < -0.39 is 6.10 Å². The van der Waals surface area contributed by atoms with E-state index in [9.17, 15) is 5.11 Å². The number of hydrogen-bond acceptors (Lipinski definition) is 4. The van der Waals surface area contributed by atoms with E-state index in [1.807, 2.05) is 0 Å². The summed E-state index contributed by atoms with van der Waals surface area (Å²) in [5, 5.41) is 14.1. The van der Waals surface area contributed by atoms with Gasteiger partial charge in [0.1, 0.15) is 0 Å². The molecule has 2 atom stereocenters. The van der Waals surface area contributed by atoms with Crippen LogP contribution in [0.5, 0.6) is 0 Å². The highest BCUT2D eigenvalue weighted by molar-refractivity contribution is 5.57. The topological polar surface area (TPSA) is 38.7 Å². The van der Waals surface area contributed by atoms with Crippen LogP contribution in [0.25, 0.3) is 0 Å². The molecule has 0 saturated carbocycles. The molecule has 0 bridgehead atoms. The molecule has 3 rings (SSSR count). The van der Waals surface area contributed by atoms with Crippen molar-refractivity contribution in [2.24, 2.45) is 0 Å². The fourth-order valence-corrected chi connectivity index (χ4v) is 3.53. The van der Waals surface area contributed by atoms with Gasteiger partial charge in [0.15, 0.2) is 0 Å². The molecule has 2 N–H and O–H groups in total. The molecule has 2 aliphatic heterocycles. The summed E-state index contributed by atoms with van der Waals surface area (Å²) in [6.07, 6.45) is 1.97. The molecule has 1 saturated heterocycles. The smallest absolute Gasteiger partial charge is 0.0943 e. The maximum Gasteiger partial charge on any atom is 0.0943 e. The number of piperazine rings is 1. The molecule has 2 unspecified atom stereocenters. The third kappa shape index (κ3) is 3.07. The molecule has 0 aliphatic carbocycles. The molecule has 1 aromatic carbocycles. The van der Waals surface area contributed by atoms with Gasteiger partial charge in [0.25, 0.3) is 0 Å². The summed E-state index contributed by atoms with van der Waals surface area (Å²) in [7, 11) is 2.15. The molecule has 21 heavy (non-hydrogen) atoms. The van der Waals surface area contributed by atoms with Crippen LogP contribution >= 0.6 is 0 Å². The average Bonchev–Trinajstić information content (AvgIpc) is 2.54. The molecule has 0 spiro atoms. The first-order chi connectivity index (χ1) is 10.2. The maximum absolute atomic E-state index is 10.7. The van der Waals surface area contributed by atoms with Crippen LogP contribution < -0.4 is 10.2 Å². The minimum atomic E-state index is -0.413. The largest absolute Gasteiger partial charge is 0.387 e. The Labute approximate surface area is 127 Å². The Morgan fingerprint density at radius 3 is 2.71 bits per heavy atom. The number of aliphatic hydroxyl groups excluding tert-OH is 1. The molecule has 0 aromatic heterocycles. The van der Waals surface area contributed by atoms with E-state index in [4.69, 9.17) is 0 Å². The van der Waals surface area contributed by atoms with E-state index in [1.165, 1.54) is 17.7 Å². The minimum absolute atomic E-state index is 0.166. The Hall–Kier alpha value is -1.10. The lowest BCUT2D eigenvalue weighted by molar-refractivity contribution is 0.0510. The van der Waals surface area contributed by atoms with Crippen molar-refractivity contribution in [1.82, 2.24) is 10.2 Å². The molecule has 4 nitrogen and oxygen atoms in total. The number of fused-ring (bicyclic) bond motifs is 1. The Bertz CT molecular complexity index is 485. The summed E-state index contributed by atoms with van der Waals surface area (Å²) in [5.41, 5.74) is 3.76. The van der Waals surface area contributed by atoms with Crippen molar-refractivity contribution in [3.63, 3.8) is 0 Å². The maximum atomic E-state index is 10.7. The summed E-state index contributed by atoms with van der Waals surface area (Å²) in [6.45, 7) is 7.32. The number of aliphatic hydroxyl groups is 1. The third-order valence-electron chi connectivity index (χ3n) is 4.99. The van der Waals surface area contributed by atoms with Crippen molar-refractivity contribution in [3.8, 4) is 0 Å². The van der Waals surface area contributed by atoms with E-state index in [2.05, 4.69) is 47.3 Å². The zero-order chi connectivity index (χ0) is 14.8. The summed E-state index contributed by atoms with van der Waals surface area (Å²) >= 11 is 0. The number of benzene rings is 1. The highest BCUT2D eigenvalue weighted by Gasteiger charge is 2.25. The monoisotopic (exact) mass is 289 g/mol. The Morgan fingerprint density at radius 2 is 1.95 bits per heavy atom. The van der Waals surface area contributed by atoms with E-state index in [0.717, 1.165) is 44.7 Å². The van der Waals surface area contributed by atoms with Crippen molar-refractivity contribution < 1.29 is 5.11 Å². The van der Waals surface area contributed by atoms with Gasteiger partial charge in [0.05, 0.1) is 6.10 Å². The molecule has 0 radical (unpaired) electrons. The standard InChI is InChI=1S/C17H27N3O/c1-13(20-10-7-18-8-11-20)17(21)15-6-5-14-4-3-9-19(2)16(14)12-15/h5-6,12-13,17-18,21H,3-4,7-11H2,1-2H3. The highest BCUT2D eigenvalue weighted by Crippen LogP contribution is 2.31. The first kappa shape index (κ1) is 14.8. The summed E-state index contributed by atoms with van der Waals surface area (Å²) in [5.74, 6) is 0. The number of hydrogen-bond donors (Lipinski definition) is 2. The van der Waals surface area contributed by atoms with Crippen molar-refractivity contribution >= 4 is 5.69 Å². The molecule has 4 heteroatoms. The van der Waals surface area contributed by atoms with Crippen LogP contribution in [0, 0.1) is 0 Å². The summed E-state index contributed by atoms with van der Waals surface area (Å²) in [6, 6.07) is 6.67. The van der Waals surface area contributed by atoms with Gasteiger partial charge in [-0.3, -0.25) is 4.90 Å². The molecular formula is C17H27N3O. The molecule has 2 heterocycles. The Morgan fingerprint density at radius 1 is 1.19 bits per heavy atom. The van der Waals surface area contributed by atoms with Crippen molar-refractivity contribution in [3.05, 3.63) is 29.3 Å². The second-order valence-corrected chi connectivity index (χ2v) is 6.38. The number of nitrogens with zero attached hydrogens (tertiary/aromatic N) is 2. The highest BCUT2D eigenvalue weighted by atomic mass is 16.3. The lowest BCUT2D eigenvalue weighted by Crippen LogP contribution is -2.49. The van der Waals surface area contributed by atoms with Crippen LogP contribution in [0.4, 0.5) is 5.69 Å². The van der Waals surface area contributed by atoms with Crippen molar-refractivity contribution in [2.45, 2.75) is 31.9 Å². The molecule has 0 amide bonds. The second kappa shape index (κ2) is 6.34. The molecular weight excluding hydrogens is 262 g/mol. The van der Waals surface area contributed by atoms with Gasteiger partial charge in [-0.2, -0.15) is 0 Å². The van der Waals surface area contributed by atoms with Gasteiger partial charge in [-0.15, -0.1) is 0 Å². The summed E-state index contributed by atoms with van der Waals surface area (Å²) in [4.78, 5) is 4.69. The van der Waals surface area contributed by atoms with E-state index in [-0.39, 0.29) is 6.04 Å². The fraction of sp³-hybridized carbons (Fsp3) is 0.647. The molecule has 1 fully saturated rings. The van der Waals surface area contributed by atoms with Gasteiger partial charge >= 0.3 is 0 Å². The second-order valence-electron chi connectivity index (χ2n) is 6.38. The zero-order valence-electron chi connectivity index (χ0n) is 13.2. The van der Waals surface area contributed by atoms with Crippen molar-refractivity contribution in [1.29, 1.82) is 0 Å². The average molecular weight is 289 g/mol. The number of aryl methyl sites for hydroxylation is 1. The van der Waals surface area contributed by atoms with Crippen molar-refractivity contribution in [2.75, 3.05) is 44.7 Å².